The number of pyridine rings is 1. The maximum atomic E-state index is 13.7. The fraction of sp³-hybridized carbons (Fsp3) is 0.370. The van der Waals surface area contributed by atoms with Crippen LogP contribution in [-0.2, 0) is 12.8 Å². The van der Waals surface area contributed by atoms with E-state index in [-0.39, 0.29) is 17.6 Å². The molecule has 0 bridgehead atoms. The first-order valence-corrected chi connectivity index (χ1v) is 11.8. The summed E-state index contributed by atoms with van der Waals surface area (Å²) in [5, 5.41) is 0.942. The Morgan fingerprint density at radius 1 is 0.939 bits per heavy atom. The average Bonchev–Trinajstić information content (AvgIpc) is 3.34. The van der Waals surface area contributed by atoms with E-state index in [0.717, 1.165) is 47.0 Å². The molecule has 2 aromatic carbocycles. The standard InChI is InChI=1S/C27H26N2O4/c30-26(18-8-9-23-24(16-18)33-15-14-32-23)17-10-12-29(13-11-17)27(31)25-19-4-1-2-6-21(19)28-22-7-3-5-20(22)25/h1-2,4,6,8-9,16-17H,3,5,7,10-15H2. The van der Waals surface area contributed by atoms with Crippen molar-refractivity contribution < 1.29 is 19.1 Å². The number of hydrogen-bond acceptors (Lipinski definition) is 5. The number of ether oxygens (including phenoxy) is 2. The van der Waals surface area contributed by atoms with Crippen LogP contribution in [0.4, 0.5) is 0 Å². The smallest absolute Gasteiger partial charge is 0.254 e. The molecule has 33 heavy (non-hydrogen) atoms. The molecule has 3 aromatic rings. The van der Waals surface area contributed by atoms with Crippen LogP contribution in [-0.4, -0.2) is 47.9 Å². The van der Waals surface area contributed by atoms with Gasteiger partial charge in [0.05, 0.1) is 11.1 Å². The molecule has 0 radical (unpaired) electrons. The van der Waals surface area contributed by atoms with E-state index in [0.29, 0.717) is 56.2 Å². The zero-order valence-corrected chi connectivity index (χ0v) is 18.5. The van der Waals surface area contributed by atoms with Gasteiger partial charge in [-0.15, -0.1) is 0 Å². The number of likely N-dealkylation sites (tertiary alicyclic amines) is 1. The maximum Gasteiger partial charge on any atom is 0.254 e. The number of aromatic nitrogens is 1. The fourth-order valence-electron chi connectivity index (χ4n) is 5.39. The van der Waals surface area contributed by atoms with Crippen molar-refractivity contribution in [2.75, 3.05) is 26.3 Å². The largest absolute Gasteiger partial charge is 0.486 e. The molecule has 1 aliphatic carbocycles. The molecule has 3 aliphatic rings. The van der Waals surface area contributed by atoms with E-state index in [9.17, 15) is 9.59 Å². The van der Waals surface area contributed by atoms with E-state index in [4.69, 9.17) is 14.5 Å². The van der Waals surface area contributed by atoms with Crippen LogP contribution in [0.15, 0.2) is 42.5 Å². The predicted octanol–water partition coefficient (Wildman–Crippen LogP) is 4.23. The lowest BCUT2D eigenvalue weighted by molar-refractivity contribution is 0.0651. The Balaban J connectivity index is 1.20. The number of Topliss-reactive ketones (excluding diaryl/α,β-unsaturated/α-hetero) is 1. The van der Waals surface area contributed by atoms with E-state index >= 15 is 0 Å². The summed E-state index contributed by atoms with van der Waals surface area (Å²) in [6.45, 7) is 2.21. The van der Waals surface area contributed by atoms with Gasteiger partial charge < -0.3 is 14.4 Å². The summed E-state index contributed by atoms with van der Waals surface area (Å²) in [4.78, 5) is 33.5. The SMILES string of the molecule is O=C(c1ccc2c(c1)OCCO2)C1CCN(C(=O)c2c3c(nc4ccccc24)CCC3)CC1. The Labute approximate surface area is 192 Å². The Morgan fingerprint density at radius 2 is 1.73 bits per heavy atom. The first kappa shape index (κ1) is 20.2. The van der Waals surface area contributed by atoms with E-state index in [1.165, 1.54) is 0 Å². The Kier molecular flexibility index (Phi) is 5.01. The lowest BCUT2D eigenvalue weighted by Crippen LogP contribution is -2.40. The minimum atomic E-state index is -0.0866. The molecule has 168 valence electrons. The van der Waals surface area contributed by atoms with E-state index in [1.807, 2.05) is 41.3 Å². The van der Waals surface area contributed by atoms with Crippen LogP contribution in [0.2, 0.25) is 0 Å². The van der Waals surface area contributed by atoms with Gasteiger partial charge in [0, 0.05) is 35.7 Å². The first-order valence-electron chi connectivity index (χ1n) is 11.8. The Morgan fingerprint density at radius 3 is 2.58 bits per heavy atom. The summed E-state index contributed by atoms with van der Waals surface area (Å²) >= 11 is 0. The average molecular weight is 443 g/mol. The highest BCUT2D eigenvalue weighted by molar-refractivity contribution is 6.08. The van der Waals surface area contributed by atoms with Crippen molar-refractivity contribution in [3.8, 4) is 11.5 Å². The lowest BCUT2D eigenvalue weighted by atomic mass is 9.88. The van der Waals surface area contributed by atoms with Crippen LogP contribution >= 0.6 is 0 Å². The van der Waals surface area contributed by atoms with Gasteiger partial charge in [-0.05, 0) is 61.9 Å². The van der Waals surface area contributed by atoms with Crippen molar-refractivity contribution in [1.29, 1.82) is 0 Å². The highest BCUT2D eigenvalue weighted by atomic mass is 16.6. The summed E-state index contributed by atoms with van der Waals surface area (Å²) in [6.07, 6.45) is 4.24. The monoisotopic (exact) mass is 442 g/mol. The van der Waals surface area contributed by atoms with Crippen LogP contribution in [0.25, 0.3) is 10.9 Å². The summed E-state index contributed by atoms with van der Waals surface area (Å²) in [7, 11) is 0. The van der Waals surface area contributed by atoms with E-state index in [2.05, 4.69) is 0 Å². The van der Waals surface area contributed by atoms with Crippen molar-refractivity contribution in [3.63, 3.8) is 0 Å². The summed E-state index contributed by atoms with van der Waals surface area (Å²) < 4.78 is 11.2. The second-order valence-corrected chi connectivity index (χ2v) is 9.07. The molecule has 0 N–H and O–H groups in total. The first-order chi connectivity index (χ1) is 16.2. The normalized spacial score (nSPS) is 17.8. The lowest BCUT2D eigenvalue weighted by Gasteiger charge is -2.32. The third-order valence-corrected chi connectivity index (χ3v) is 7.11. The molecule has 1 aromatic heterocycles. The van der Waals surface area contributed by atoms with Crippen LogP contribution in [0, 0.1) is 5.92 Å². The number of carbonyl (C=O) groups is 2. The number of carbonyl (C=O) groups excluding carboxylic acids is 2. The second-order valence-electron chi connectivity index (χ2n) is 9.07. The minimum absolute atomic E-state index is 0.0805. The summed E-state index contributed by atoms with van der Waals surface area (Å²) in [5.41, 5.74) is 4.56. The van der Waals surface area contributed by atoms with Crippen molar-refractivity contribution in [3.05, 3.63) is 64.8 Å². The Bertz CT molecular complexity index is 1260. The molecule has 6 nitrogen and oxygen atoms in total. The number of fused-ring (bicyclic) bond motifs is 3. The molecule has 1 amide bonds. The number of nitrogens with zero attached hydrogens (tertiary/aromatic N) is 2. The molecule has 0 atom stereocenters. The van der Waals surface area contributed by atoms with Gasteiger partial charge >= 0.3 is 0 Å². The second kappa shape index (κ2) is 8.18. The zero-order valence-electron chi connectivity index (χ0n) is 18.5. The third kappa shape index (κ3) is 3.54. The van der Waals surface area contributed by atoms with E-state index < -0.39 is 0 Å². The molecule has 6 heteroatoms. The topological polar surface area (TPSA) is 68.7 Å². The Hall–Kier alpha value is -3.41. The van der Waals surface area contributed by atoms with Gasteiger partial charge in [-0.1, -0.05) is 18.2 Å². The molecule has 1 fully saturated rings. The maximum absolute atomic E-state index is 13.7. The zero-order chi connectivity index (χ0) is 22.4. The summed E-state index contributed by atoms with van der Waals surface area (Å²) in [5.74, 6) is 1.44. The van der Waals surface area contributed by atoms with Gasteiger partial charge in [-0.3, -0.25) is 14.6 Å². The van der Waals surface area contributed by atoms with Gasteiger partial charge in [-0.25, -0.2) is 0 Å². The molecule has 0 saturated carbocycles. The fourth-order valence-corrected chi connectivity index (χ4v) is 5.39. The van der Waals surface area contributed by atoms with Gasteiger partial charge in [0.2, 0.25) is 0 Å². The van der Waals surface area contributed by atoms with Gasteiger partial charge in [-0.2, -0.15) is 0 Å². The number of benzene rings is 2. The van der Waals surface area contributed by atoms with Crippen LogP contribution in [0.3, 0.4) is 0 Å². The van der Waals surface area contributed by atoms with Crippen molar-refractivity contribution in [2.45, 2.75) is 32.1 Å². The number of hydrogen-bond donors (Lipinski definition) is 0. The molecule has 0 spiro atoms. The highest BCUT2D eigenvalue weighted by Crippen LogP contribution is 2.34. The van der Waals surface area contributed by atoms with Crippen molar-refractivity contribution in [1.82, 2.24) is 9.88 Å². The van der Waals surface area contributed by atoms with E-state index in [1.54, 1.807) is 6.07 Å². The van der Waals surface area contributed by atoms with Gasteiger partial charge in [0.15, 0.2) is 17.3 Å². The number of para-hydroxylation sites is 1. The van der Waals surface area contributed by atoms with Crippen LogP contribution in [0.1, 0.15) is 51.2 Å². The molecular weight excluding hydrogens is 416 g/mol. The number of piperidine rings is 1. The number of aryl methyl sites for hydroxylation is 1. The predicted molar refractivity (Wildman–Crippen MR) is 124 cm³/mol. The van der Waals surface area contributed by atoms with Crippen LogP contribution < -0.4 is 9.47 Å². The highest BCUT2D eigenvalue weighted by Gasteiger charge is 2.32. The molecule has 3 heterocycles. The van der Waals surface area contributed by atoms with Crippen molar-refractivity contribution >= 4 is 22.6 Å². The number of rotatable bonds is 3. The number of ketones is 1. The van der Waals surface area contributed by atoms with Crippen molar-refractivity contribution in [2.24, 2.45) is 5.92 Å². The molecule has 0 unspecified atom stereocenters. The minimum Gasteiger partial charge on any atom is -0.486 e. The quantitative estimate of drug-likeness (QED) is 0.568. The summed E-state index contributed by atoms with van der Waals surface area (Å²) in [6, 6.07) is 13.4. The van der Waals surface area contributed by atoms with Crippen LogP contribution in [0.5, 0.6) is 11.5 Å². The molecule has 1 saturated heterocycles. The van der Waals surface area contributed by atoms with Gasteiger partial charge in [0.1, 0.15) is 13.2 Å². The van der Waals surface area contributed by atoms with Gasteiger partial charge in [0.25, 0.3) is 5.91 Å². The molecule has 6 rings (SSSR count). The number of amides is 1. The third-order valence-electron chi connectivity index (χ3n) is 7.11. The molecular formula is C27H26N2O4. The molecule has 2 aliphatic heterocycles.